The number of hydrogen-bond acceptors (Lipinski definition) is 6. The summed E-state index contributed by atoms with van der Waals surface area (Å²) in [7, 11) is -4.03. The Labute approximate surface area is 210 Å². The van der Waals surface area contributed by atoms with Gasteiger partial charge < -0.3 is 10.2 Å². The van der Waals surface area contributed by atoms with Gasteiger partial charge >= 0.3 is 0 Å². The van der Waals surface area contributed by atoms with E-state index in [9.17, 15) is 32.5 Å². The summed E-state index contributed by atoms with van der Waals surface area (Å²) < 4.78 is 39.4. The second-order valence-electron chi connectivity index (χ2n) is 8.44. The van der Waals surface area contributed by atoms with Gasteiger partial charge in [0, 0.05) is 24.7 Å². The molecule has 2 atom stereocenters. The second kappa shape index (κ2) is 12.4. The predicted octanol–water partition coefficient (Wildman–Crippen LogP) is 3.22. The molecule has 2 aromatic carbocycles. The van der Waals surface area contributed by atoms with E-state index in [-0.39, 0.29) is 30.4 Å². The minimum Gasteiger partial charge on any atom is -0.352 e. The fourth-order valence-electron chi connectivity index (χ4n) is 3.52. The molecule has 0 aliphatic heterocycles. The van der Waals surface area contributed by atoms with E-state index in [1.54, 1.807) is 6.92 Å². The van der Waals surface area contributed by atoms with Crippen molar-refractivity contribution >= 4 is 33.2 Å². The van der Waals surface area contributed by atoms with Crippen LogP contribution in [-0.4, -0.2) is 54.9 Å². The molecule has 196 valence electrons. The molecule has 0 saturated carbocycles. The maximum atomic E-state index is 13.6. The van der Waals surface area contributed by atoms with Gasteiger partial charge in [0.05, 0.1) is 16.9 Å². The number of nitrogens with zero attached hydrogens (tertiary/aromatic N) is 3. The van der Waals surface area contributed by atoms with E-state index < -0.39 is 45.2 Å². The zero-order chi connectivity index (χ0) is 27.0. The molecule has 0 spiro atoms. The number of hydrogen-bond donors (Lipinski definition) is 1. The van der Waals surface area contributed by atoms with Crippen LogP contribution in [0.4, 0.5) is 15.8 Å². The highest BCUT2D eigenvalue weighted by Crippen LogP contribution is 2.24. The van der Waals surface area contributed by atoms with Gasteiger partial charge in [0.1, 0.15) is 18.4 Å². The van der Waals surface area contributed by atoms with Crippen molar-refractivity contribution in [3.05, 3.63) is 70.0 Å². The van der Waals surface area contributed by atoms with Gasteiger partial charge in [-0.15, -0.1) is 0 Å². The van der Waals surface area contributed by atoms with Crippen LogP contribution in [0.3, 0.4) is 0 Å². The van der Waals surface area contributed by atoms with Crippen molar-refractivity contribution in [3.63, 3.8) is 0 Å². The number of nitro groups is 1. The minimum atomic E-state index is -4.03. The summed E-state index contributed by atoms with van der Waals surface area (Å²) in [6.07, 6.45) is 1.80. The predicted molar refractivity (Wildman–Crippen MR) is 134 cm³/mol. The highest BCUT2D eigenvalue weighted by atomic mass is 32.2. The third kappa shape index (κ3) is 7.74. The lowest BCUT2D eigenvalue weighted by atomic mass is 10.1. The third-order valence-corrected chi connectivity index (χ3v) is 6.80. The minimum absolute atomic E-state index is 0.0566. The highest BCUT2D eigenvalue weighted by Gasteiger charge is 2.32. The molecular formula is C24H31FN4O6S. The van der Waals surface area contributed by atoms with Gasteiger partial charge in [-0.05, 0) is 43.5 Å². The van der Waals surface area contributed by atoms with E-state index in [0.29, 0.717) is 12.0 Å². The molecule has 2 aromatic rings. The van der Waals surface area contributed by atoms with Crippen LogP contribution in [0.15, 0.2) is 48.5 Å². The molecule has 0 saturated heterocycles. The summed E-state index contributed by atoms with van der Waals surface area (Å²) in [5, 5.41) is 14.0. The largest absolute Gasteiger partial charge is 0.352 e. The Morgan fingerprint density at radius 2 is 1.75 bits per heavy atom. The second-order valence-corrected chi connectivity index (χ2v) is 10.3. The number of rotatable bonds is 12. The fourth-order valence-corrected chi connectivity index (χ4v) is 4.36. The van der Waals surface area contributed by atoms with E-state index >= 15 is 0 Å². The first kappa shape index (κ1) is 28.7. The molecule has 0 bridgehead atoms. The number of non-ortho nitro benzene ring substituents is 1. The van der Waals surface area contributed by atoms with E-state index in [1.165, 1.54) is 47.4 Å². The zero-order valence-electron chi connectivity index (χ0n) is 20.7. The van der Waals surface area contributed by atoms with Crippen LogP contribution in [0, 0.1) is 15.9 Å². The van der Waals surface area contributed by atoms with Crippen LogP contribution in [0.1, 0.15) is 39.2 Å². The van der Waals surface area contributed by atoms with E-state index in [0.717, 1.165) is 16.6 Å². The molecule has 2 amide bonds. The molecule has 0 fully saturated rings. The number of carbonyl (C=O) groups excluding carboxylic acids is 2. The van der Waals surface area contributed by atoms with Gasteiger partial charge in [-0.25, -0.2) is 12.8 Å². The summed E-state index contributed by atoms with van der Waals surface area (Å²) >= 11 is 0. The van der Waals surface area contributed by atoms with E-state index in [2.05, 4.69) is 5.32 Å². The molecule has 0 aliphatic rings. The van der Waals surface area contributed by atoms with Crippen molar-refractivity contribution < 1.29 is 27.3 Å². The Hall–Kier alpha value is -3.54. The van der Waals surface area contributed by atoms with Gasteiger partial charge in [0.2, 0.25) is 21.8 Å². The normalized spacial score (nSPS) is 12.9. The Morgan fingerprint density at radius 1 is 1.11 bits per heavy atom. The molecular weight excluding hydrogens is 491 g/mol. The maximum Gasteiger partial charge on any atom is 0.271 e. The Morgan fingerprint density at radius 3 is 2.28 bits per heavy atom. The van der Waals surface area contributed by atoms with Gasteiger partial charge in [-0.2, -0.15) is 0 Å². The lowest BCUT2D eigenvalue weighted by molar-refractivity contribution is -0.384. The van der Waals surface area contributed by atoms with Gasteiger partial charge in [-0.3, -0.25) is 24.0 Å². The smallest absolute Gasteiger partial charge is 0.271 e. The zero-order valence-corrected chi connectivity index (χ0v) is 21.5. The molecule has 10 nitrogen and oxygen atoms in total. The van der Waals surface area contributed by atoms with Gasteiger partial charge in [0.25, 0.3) is 5.69 Å². The van der Waals surface area contributed by atoms with Crippen molar-refractivity contribution in [2.24, 2.45) is 0 Å². The number of amides is 2. The number of nitro benzene ring substituents is 1. The Kier molecular flexibility index (Phi) is 9.91. The molecule has 1 N–H and O–H groups in total. The Balaban J connectivity index is 2.47. The summed E-state index contributed by atoms with van der Waals surface area (Å²) in [5.41, 5.74) is 0.149. The molecule has 0 aromatic heterocycles. The number of benzene rings is 2. The summed E-state index contributed by atoms with van der Waals surface area (Å²) in [6.45, 7) is 4.69. The molecule has 0 radical (unpaired) electrons. The van der Waals surface area contributed by atoms with Crippen LogP contribution in [0.2, 0.25) is 0 Å². The van der Waals surface area contributed by atoms with Crippen molar-refractivity contribution in [3.8, 4) is 0 Å². The fraction of sp³-hybridized carbons (Fsp3) is 0.417. The summed E-state index contributed by atoms with van der Waals surface area (Å²) in [6, 6.07) is 9.26. The topological polar surface area (TPSA) is 130 Å². The summed E-state index contributed by atoms with van der Waals surface area (Å²) in [5.74, 6) is -1.56. The van der Waals surface area contributed by atoms with E-state index in [1.807, 2.05) is 13.8 Å². The first-order chi connectivity index (χ1) is 16.9. The number of sulfonamides is 1. The lowest BCUT2D eigenvalue weighted by Gasteiger charge is -2.33. The molecule has 36 heavy (non-hydrogen) atoms. The number of carbonyl (C=O) groups is 2. The average molecular weight is 523 g/mol. The average Bonchev–Trinajstić information content (AvgIpc) is 2.82. The lowest BCUT2D eigenvalue weighted by Crippen LogP contribution is -2.53. The first-order valence-corrected chi connectivity index (χ1v) is 13.3. The van der Waals surface area contributed by atoms with Crippen LogP contribution >= 0.6 is 0 Å². The van der Waals surface area contributed by atoms with Crippen LogP contribution < -0.4 is 9.62 Å². The maximum absolute atomic E-state index is 13.6. The quantitative estimate of drug-likeness (QED) is 0.337. The number of anilines is 1. The monoisotopic (exact) mass is 522 g/mol. The van der Waals surface area contributed by atoms with Crippen LogP contribution in [0.5, 0.6) is 0 Å². The van der Waals surface area contributed by atoms with Crippen molar-refractivity contribution in [1.82, 2.24) is 10.2 Å². The molecule has 0 aliphatic carbocycles. The molecule has 12 heteroatoms. The first-order valence-electron chi connectivity index (χ1n) is 11.4. The van der Waals surface area contributed by atoms with Crippen LogP contribution in [0.25, 0.3) is 0 Å². The number of nitrogens with one attached hydrogen (secondary N) is 1. The SMILES string of the molecule is CCC(C)NC(=O)C(CC)N(Cc1ccc(F)cc1)C(=O)CN(c1cccc([N+](=O)[O-])c1)S(C)(=O)=O. The highest BCUT2D eigenvalue weighted by molar-refractivity contribution is 7.92. The molecule has 2 unspecified atom stereocenters. The summed E-state index contributed by atoms with van der Waals surface area (Å²) in [4.78, 5) is 38.4. The molecule has 2 rings (SSSR count). The number of halogens is 1. The Bertz CT molecular complexity index is 1190. The van der Waals surface area contributed by atoms with E-state index in [4.69, 9.17) is 0 Å². The van der Waals surface area contributed by atoms with Crippen molar-refractivity contribution in [2.45, 2.75) is 52.2 Å². The van der Waals surface area contributed by atoms with Crippen molar-refractivity contribution in [1.29, 1.82) is 0 Å². The van der Waals surface area contributed by atoms with Gasteiger partial charge in [-0.1, -0.05) is 32.0 Å². The third-order valence-electron chi connectivity index (χ3n) is 5.66. The van der Waals surface area contributed by atoms with Crippen LogP contribution in [-0.2, 0) is 26.2 Å². The van der Waals surface area contributed by atoms with Crippen molar-refractivity contribution in [2.75, 3.05) is 17.1 Å². The molecule has 0 heterocycles. The van der Waals surface area contributed by atoms with Gasteiger partial charge in [0.15, 0.2) is 0 Å². The standard InChI is InChI=1S/C24H31FN4O6S/c1-5-17(3)26-24(31)22(6-2)27(15-18-10-12-19(25)13-11-18)23(30)16-28(36(4,34)35)20-8-7-9-21(14-20)29(32)33/h7-14,17,22H,5-6,15-16H2,1-4H3,(H,26,31).